The fraction of sp³-hybridized carbons (Fsp3) is 0.167. The molecular formula is C30H27N3O4S. The second-order valence-corrected chi connectivity index (χ2v) is 9.33. The van der Waals surface area contributed by atoms with Crippen molar-refractivity contribution in [2.45, 2.75) is 19.8 Å². The number of ether oxygens (including phenoxy) is 2. The Labute approximate surface area is 224 Å². The monoisotopic (exact) mass is 525 g/mol. The average Bonchev–Trinajstić information content (AvgIpc) is 3.26. The number of aromatic nitrogens is 1. The predicted octanol–water partition coefficient (Wildman–Crippen LogP) is 4.23. The number of hydrogen-bond donors (Lipinski definition) is 1. The highest BCUT2D eigenvalue weighted by atomic mass is 32.1. The number of amides is 1. The molecule has 0 saturated carbocycles. The number of rotatable bonds is 9. The number of para-hydroxylation sites is 3. The summed E-state index contributed by atoms with van der Waals surface area (Å²) in [5.74, 6) is 0.584. The fourth-order valence-corrected chi connectivity index (χ4v) is 4.84. The van der Waals surface area contributed by atoms with Crippen LogP contribution < -0.4 is 29.5 Å². The summed E-state index contributed by atoms with van der Waals surface area (Å²) >= 11 is 1.09. The number of methoxy groups -OCH3 is 1. The van der Waals surface area contributed by atoms with E-state index in [1.54, 1.807) is 54.6 Å². The Hall–Kier alpha value is -4.61. The van der Waals surface area contributed by atoms with E-state index in [9.17, 15) is 14.9 Å². The van der Waals surface area contributed by atoms with Crippen molar-refractivity contribution in [1.82, 2.24) is 4.57 Å². The van der Waals surface area contributed by atoms with Crippen LogP contribution in [0.25, 0.3) is 17.3 Å². The van der Waals surface area contributed by atoms with Gasteiger partial charge in [0.2, 0.25) is 0 Å². The molecule has 0 fully saturated rings. The molecule has 0 atom stereocenters. The van der Waals surface area contributed by atoms with Crippen molar-refractivity contribution in [2.24, 2.45) is 0 Å². The molecule has 1 amide bonds. The summed E-state index contributed by atoms with van der Waals surface area (Å²) in [7, 11) is 1.50. The SMILES string of the molecule is CCCCOc1ccc(/C=c2/s/c(=C(/C#N)C(=O)Nc3ccccc3OC)n(-c3ccccc3)c2=O)cc1. The van der Waals surface area contributed by atoms with Gasteiger partial charge in [-0.1, -0.05) is 55.8 Å². The predicted molar refractivity (Wildman–Crippen MR) is 150 cm³/mol. The first-order valence-corrected chi connectivity index (χ1v) is 13.0. The molecule has 4 rings (SSSR count). The molecule has 0 bridgehead atoms. The largest absolute Gasteiger partial charge is 0.495 e. The zero-order valence-corrected chi connectivity index (χ0v) is 22.0. The van der Waals surface area contributed by atoms with Gasteiger partial charge < -0.3 is 14.8 Å². The molecule has 0 radical (unpaired) electrons. The van der Waals surface area contributed by atoms with E-state index >= 15 is 0 Å². The first-order valence-electron chi connectivity index (χ1n) is 12.2. The maximum absolute atomic E-state index is 13.6. The highest BCUT2D eigenvalue weighted by molar-refractivity contribution is 7.07. The fourth-order valence-electron chi connectivity index (χ4n) is 3.74. The van der Waals surface area contributed by atoms with Gasteiger partial charge in [0.25, 0.3) is 11.5 Å². The third-order valence-corrected chi connectivity index (χ3v) is 6.78. The van der Waals surface area contributed by atoms with E-state index in [2.05, 4.69) is 12.2 Å². The van der Waals surface area contributed by atoms with Gasteiger partial charge in [0.05, 0.1) is 29.6 Å². The summed E-state index contributed by atoms with van der Waals surface area (Å²) in [5.41, 5.74) is 1.28. The van der Waals surface area contributed by atoms with Crippen LogP contribution >= 0.6 is 11.3 Å². The Morgan fingerprint density at radius 3 is 2.45 bits per heavy atom. The van der Waals surface area contributed by atoms with Gasteiger partial charge in [0, 0.05) is 0 Å². The minimum absolute atomic E-state index is 0.179. The van der Waals surface area contributed by atoms with Crippen molar-refractivity contribution >= 4 is 34.6 Å². The number of carbonyl (C=O) groups excluding carboxylic acids is 1. The van der Waals surface area contributed by atoms with Gasteiger partial charge in [-0.2, -0.15) is 5.26 Å². The van der Waals surface area contributed by atoms with Crippen molar-refractivity contribution in [3.05, 3.63) is 104 Å². The maximum Gasteiger partial charge on any atom is 0.273 e. The third kappa shape index (κ3) is 6.02. The summed E-state index contributed by atoms with van der Waals surface area (Å²) < 4.78 is 13.1. The first-order chi connectivity index (χ1) is 18.5. The Kier molecular flexibility index (Phi) is 8.75. The Morgan fingerprint density at radius 2 is 1.76 bits per heavy atom. The van der Waals surface area contributed by atoms with Gasteiger partial charge in [-0.15, -0.1) is 11.3 Å². The molecule has 0 aliphatic heterocycles. The van der Waals surface area contributed by atoms with E-state index in [1.807, 2.05) is 36.4 Å². The van der Waals surface area contributed by atoms with E-state index in [4.69, 9.17) is 9.47 Å². The molecule has 1 aromatic heterocycles. The maximum atomic E-state index is 13.6. The van der Waals surface area contributed by atoms with E-state index in [0.29, 0.717) is 28.3 Å². The molecule has 8 heteroatoms. The van der Waals surface area contributed by atoms with Crippen LogP contribution in [-0.4, -0.2) is 24.2 Å². The van der Waals surface area contributed by atoms with Crippen molar-refractivity contribution in [2.75, 3.05) is 19.0 Å². The van der Waals surface area contributed by atoms with Crippen LogP contribution in [0.15, 0.2) is 83.7 Å². The quantitative estimate of drug-likeness (QED) is 0.330. The minimum atomic E-state index is -0.636. The molecule has 0 aliphatic rings. The molecule has 0 spiro atoms. The van der Waals surface area contributed by atoms with Crippen LogP contribution in [0.4, 0.5) is 5.69 Å². The average molecular weight is 526 g/mol. The summed E-state index contributed by atoms with van der Waals surface area (Å²) in [6.07, 6.45) is 3.78. The standard InChI is InChI=1S/C30H27N3O4S/c1-3-4-18-37-23-16-14-21(15-17-23)19-27-29(35)33(22-10-6-5-7-11-22)30(38-27)24(20-31)28(34)32-25-12-8-9-13-26(25)36-2/h5-17,19H,3-4,18H2,1-2H3,(H,32,34)/b27-19+,30-24-. The number of nitriles is 1. The number of unbranched alkanes of at least 4 members (excludes halogenated alkanes) is 1. The first kappa shape index (κ1) is 26.5. The number of nitrogens with zero attached hydrogens (tertiary/aromatic N) is 2. The molecule has 7 nitrogen and oxygen atoms in total. The summed E-state index contributed by atoms with van der Waals surface area (Å²) in [5, 5.41) is 12.8. The molecule has 1 heterocycles. The van der Waals surface area contributed by atoms with E-state index in [0.717, 1.165) is 35.5 Å². The normalized spacial score (nSPS) is 12.0. The summed E-state index contributed by atoms with van der Waals surface area (Å²) in [6.45, 7) is 2.76. The zero-order valence-electron chi connectivity index (χ0n) is 21.1. The van der Waals surface area contributed by atoms with Crippen molar-refractivity contribution in [3.63, 3.8) is 0 Å². The molecule has 0 unspecified atom stereocenters. The van der Waals surface area contributed by atoms with Crippen LogP contribution in [0, 0.1) is 11.3 Å². The Bertz CT molecular complexity index is 1630. The number of anilines is 1. The topological polar surface area (TPSA) is 93.3 Å². The highest BCUT2D eigenvalue weighted by Gasteiger charge is 2.18. The van der Waals surface area contributed by atoms with Gasteiger partial charge in [-0.05, 0) is 54.5 Å². The molecule has 4 aromatic rings. The third-order valence-electron chi connectivity index (χ3n) is 5.69. The van der Waals surface area contributed by atoms with Crippen LogP contribution in [0.1, 0.15) is 25.3 Å². The summed E-state index contributed by atoms with van der Waals surface area (Å²) in [6, 6.07) is 25.3. The molecule has 0 saturated heterocycles. The second kappa shape index (κ2) is 12.6. The molecular weight excluding hydrogens is 498 g/mol. The lowest BCUT2D eigenvalue weighted by Gasteiger charge is -2.09. The van der Waals surface area contributed by atoms with E-state index < -0.39 is 5.91 Å². The van der Waals surface area contributed by atoms with Crippen molar-refractivity contribution < 1.29 is 14.3 Å². The van der Waals surface area contributed by atoms with Gasteiger partial charge in [-0.25, -0.2) is 0 Å². The Balaban J connectivity index is 1.82. The molecule has 3 aromatic carbocycles. The summed E-state index contributed by atoms with van der Waals surface area (Å²) in [4.78, 5) is 26.8. The highest BCUT2D eigenvalue weighted by Crippen LogP contribution is 2.23. The number of carbonyl (C=O) groups is 1. The lowest BCUT2D eigenvalue weighted by atomic mass is 10.2. The lowest BCUT2D eigenvalue weighted by molar-refractivity contribution is -0.111. The van der Waals surface area contributed by atoms with Crippen LogP contribution in [0.2, 0.25) is 0 Å². The zero-order chi connectivity index (χ0) is 26.9. The molecule has 0 aliphatic carbocycles. The van der Waals surface area contributed by atoms with Gasteiger partial charge in [0.1, 0.15) is 22.2 Å². The van der Waals surface area contributed by atoms with Crippen LogP contribution in [0.3, 0.4) is 0 Å². The van der Waals surface area contributed by atoms with Crippen molar-refractivity contribution in [3.8, 4) is 23.3 Å². The van der Waals surface area contributed by atoms with Gasteiger partial charge in [-0.3, -0.25) is 14.2 Å². The Morgan fingerprint density at radius 1 is 1.05 bits per heavy atom. The van der Waals surface area contributed by atoms with Gasteiger partial charge >= 0.3 is 0 Å². The van der Waals surface area contributed by atoms with Crippen LogP contribution in [0.5, 0.6) is 11.5 Å². The lowest BCUT2D eigenvalue weighted by Crippen LogP contribution is -2.32. The number of benzene rings is 3. The van der Waals surface area contributed by atoms with E-state index in [1.165, 1.54) is 11.7 Å². The molecule has 38 heavy (non-hydrogen) atoms. The number of nitrogens with one attached hydrogen (secondary N) is 1. The van der Waals surface area contributed by atoms with Crippen LogP contribution in [-0.2, 0) is 4.79 Å². The molecule has 1 N–H and O–H groups in total. The minimum Gasteiger partial charge on any atom is -0.495 e. The second-order valence-electron chi connectivity index (χ2n) is 8.30. The van der Waals surface area contributed by atoms with Crippen molar-refractivity contribution in [1.29, 1.82) is 5.26 Å². The van der Waals surface area contributed by atoms with E-state index in [-0.39, 0.29) is 15.8 Å². The number of thiazole rings is 1. The smallest absolute Gasteiger partial charge is 0.273 e. The number of hydrogen-bond acceptors (Lipinski definition) is 6. The molecule has 192 valence electrons. The van der Waals surface area contributed by atoms with Gasteiger partial charge in [0.15, 0.2) is 5.57 Å².